The molecule has 0 unspecified atom stereocenters. The van der Waals surface area contributed by atoms with Crippen molar-refractivity contribution in [3.8, 4) is 56.0 Å². The Balaban J connectivity index is 0.974. The predicted octanol–water partition coefficient (Wildman–Crippen LogP) is 17.7. The molecular formula is C62H42N2O. The SMILES string of the molecule is c1ccc(-c2ccc(N(c3ccc(-c4ccccc4)cc3)c3ccc4c(c3)Oc3cc(N(c5ccc(-c6ccccc6)cc5)c5cccc6ccccc56)cc5cccc-4c35)cc2)cc1. The van der Waals surface area contributed by atoms with Crippen LogP contribution in [0.4, 0.5) is 34.1 Å². The van der Waals surface area contributed by atoms with Crippen molar-refractivity contribution < 1.29 is 4.74 Å². The van der Waals surface area contributed by atoms with Crippen molar-refractivity contribution in [1.29, 1.82) is 0 Å². The fraction of sp³-hybridized carbons (Fsp3) is 0. The molecule has 0 fully saturated rings. The maximum absolute atomic E-state index is 7.14. The molecule has 0 radical (unpaired) electrons. The number of rotatable bonds is 9. The predicted molar refractivity (Wildman–Crippen MR) is 273 cm³/mol. The van der Waals surface area contributed by atoms with E-state index in [1.54, 1.807) is 0 Å². The van der Waals surface area contributed by atoms with E-state index in [9.17, 15) is 0 Å². The van der Waals surface area contributed by atoms with Crippen LogP contribution in [0.5, 0.6) is 11.5 Å². The summed E-state index contributed by atoms with van der Waals surface area (Å²) in [4.78, 5) is 4.69. The lowest BCUT2D eigenvalue weighted by Crippen LogP contribution is -2.12. The van der Waals surface area contributed by atoms with Gasteiger partial charge in [-0.25, -0.2) is 0 Å². The first-order valence-electron chi connectivity index (χ1n) is 22.2. The second-order valence-electron chi connectivity index (χ2n) is 16.5. The molecule has 0 aromatic heterocycles. The van der Waals surface area contributed by atoms with Crippen LogP contribution < -0.4 is 14.5 Å². The zero-order chi connectivity index (χ0) is 43.1. The average Bonchev–Trinajstić information content (AvgIpc) is 3.38. The van der Waals surface area contributed by atoms with Crippen molar-refractivity contribution in [2.45, 2.75) is 0 Å². The Bertz CT molecular complexity index is 3390. The Morgan fingerprint density at radius 2 is 0.708 bits per heavy atom. The minimum atomic E-state index is 0.815. The summed E-state index contributed by atoms with van der Waals surface area (Å²) in [6.45, 7) is 0. The summed E-state index contributed by atoms with van der Waals surface area (Å²) in [5.41, 5.74) is 15.6. The Labute approximate surface area is 379 Å². The molecule has 11 aromatic rings. The molecule has 3 heteroatoms. The molecule has 0 atom stereocenters. The van der Waals surface area contributed by atoms with Crippen molar-refractivity contribution >= 4 is 55.7 Å². The minimum absolute atomic E-state index is 0.815. The molecule has 11 aromatic carbocycles. The summed E-state index contributed by atoms with van der Waals surface area (Å²) in [7, 11) is 0. The van der Waals surface area contributed by atoms with Gasteiger partial charge in [-0.2, -0.15) is 0 Å². The third-order valence-electron chi connectivity index (χ3n) is 12.6. The Hall–Kier alpha value is -8.66. The van der Waals surface area contributed by atoms with Crippen LogP contribution in [0.3, 0.4) is 0 Å². The Kier molecular flexibility index (Phi) is 9.50. The Morgan fingerprint density at radius 1 is 0.262 bits per heavy atom. The van der Waals surface area contributed by atoms with E-state index in [-0.39, 0.29) is 0 Å². The first-order chi connectivity index (χ1) is 32.2. The molecule has 3 nitrogen and oxygen atoms in total. The van der Waals surface area contributed by atoms with Gasteiger partial charge in [0.2, 0.25) is 0 Å². The van der Waals surface area contributed by atoms with E-state index in [1.807, 2.05) is 0 Å². The van der Waals surface area contributed by atoms with Crippen LogP contribution in [-0.4, -0.2) is 0 Å². The highest BCUT2D eigenvalue weighted by atomic mass is 16.5. The zero-order valence-electron chi connectivity index (χ0n) is 35.6. The molecule has 306 valence electrons. The van der Waals surface area contributed by atoms with Gasteiger partial charge in [-0.15, -0.1) is 0 Å². The van der Waals surface area contributed by atoms with E-state index in [4.69, 9.17) is 4.74 Å². The van der Waals surface area contributed by atoms with Crippen molar-refractivity contribution in [2.75, 3.05) is 9.80 Å². The first-order valence-corrected chi connectivity index (χ1v) is 22.2. The van der Waals surface area contributed by atoms with Gasteiger partial charge in [0.25, 0.3) is 0 Å². The lowest BCUT2D eigenvalue weighted by atomic mass is 9.93. The van der Waals surface area contributed by atoms with Crippen LogP contribution in [0.15, 0.2) is 255 Å². The third kappa shape index (κ3) is 7.06. The van der Waals surface area contributed by atoms with Crippen LogP contribution in [-0.2, 0) is 0 Å². The largest absolute Gasteiger partial charge is 0.456 e. The maximum Gasteiger partial charge on any atom is 0.138 e. The zero-order valence-corrected chi connectivity index (χ0v) is 35.6. The van der Waals surface area contributed by atoms with Crippen molar-refractivity contribution in [3.63, 3.8) is 0 Å². The van der Waals surface area contributed by atoms with Gasteiger partial charge in [0.05, 0.1) is 11.4 Å². The van der Waals surface area contributed by atoms with Crippen molar-refractivity contribution in [2.24, 2.45) is 0 Å². The fourth-order valence-corrected chi connectivity index (χ4v) is 9.46. The molecule has 0 saturated carbocycles. The lowest BCUT2D eigenvalue weighted by molar-refractivity contribution is 0.487. The second-order valence-corrected chi connectivity index (χ2v) is 16.5. The van der Waals surface area contributed by atoms with Gasteiger partial charge in [0.1, 0.15) is 11.5 Å². The number of ether oxygens (including phenoxy) is 1. The van der Waals surface area contributed by atoms with E-state index in [0.717, 1.165) is 67.5 Å². The quantitative estimate of drug-likeness (QED) is 0.144. The van der Waals surface area contributed by atoms with Crippen molar-refractivity contribution in [3.05, 3.63) is 255 Å². The molecule has 0 spiro atoms. The molecule has 0 saturated heterocycles. The summed E-state index contributed by atoms with van der Waals surface area (Å²) < 4.78 is 7.14. The normalized spacial score (nSPS) is 11.5. The summed E-state index contributed by atoms with van der Waals surface area (Å²) in [5.74, 6) is 1.64. The molecule has 65 heavy (non-hydrogen) atoms. The monoisotopic (exact) mass is 830 g/mol. The van der Waals surface area contributed by atoms with Crippen molar-refractivity contribution in [1.82, 2.24) is 0 Å². The van der Waals surface area contributed by atoms with E-state index in [1.165, 1.54) is 44.2 Å². The molecule has 0 amide bonds. The molecule has 0 N–H and O–H groups in total. The summed E-state index contributed by atoms with van der Waals surface area (Å²) in [5, 5.41) is 4.59. The van der Waals surface area contributed by atoms with Crippen LogP contribution in [0.2, 0.25) is 0 Å². The first kappa shape index (κ1) is 38.0. The van der Waals surface area contributed by atoms with Gasteiger partial charge in [-0.3, -0.25) is 0 Å². The van der Waals surface area contributed by atoms with E-state index >= 15 is 0 Å². The fourth-order valence-electron chi connectivity index (χ4n) is 9.46. The van der Waals surface area contributed by atoms with Gasteiger partial charge in [-0.1, -0.05) is 182 Å². The lowest BCUT2D eigenvalue weighted by Gasteiger charge is -2.30. The molecule has 1 aliphatic rings. The molecule has 0 aliphatic carbocycles. The topological polar surface area (TPSA) is 15.7 Å². The molecule has 1 heterocycles. The molecule has 0 bridgehead atoms. The highest BCUT2D eigenvalue weighted by Gasteiger charge is 2.25. The average molecular weight is 831 g/mol. The standard InChI is InChI=1S/C62H42N2O/c1-4-14-43(15-5-1)46-26-32-51(33-27-46)63(52-34-28-47(29-35-52)44-16-6-2-7-17-44)54-38-39-57-58-24-12-22-50-40-55(42-61(62(50)58)65-60(57)41-54)64(59-25-13-21-49-20-10-11-23-56(49)59)53-36-30-48(31-37-53)45-18-8-3-9-19-45/h1-42H. The van der Waals surface area contributed by atoms with Gasteiger partial charge >= 0.3 is 0 Å². The minimum Gasteiger partial charge on any atom is -0.456 e. The number of benzene rings is 11. The Morgan fingerprint density at radius 3 is 1.29 bits per heavy atom. The van der Waals surface area contributed by atoms with Crippen LogP contribution in [0.25, 0.3) is 66.1 Å². The van der Waals surface area contributed by atoms with Crippen LogP contribution in [0, 0.1) is 0 Å². The summed E-state index contributed by atoms with van der Waals surface area (Å²) in [6.07, 6.45) is 0. The highest BCUT2D eigenvalue weighted by molar-refractivity contribution is 6.08. The number of anilines is 6. The molecule has 1 aliphatic heterocycles. The van der Waals surface area contributed by atoms with Crippen LogP contribution in [0.1, 0.15) is 0 Å². The van der Waals surface area contributed by atoms with Crippen LogP contribution >= 0.6 is 0 Å². The van der Waals surface area contributed by atoms with E-state index < -0.39 is 0 Å². The van der Waals surface area contributed by atoms with E-state index in [0.29, 0.717) is 0 Å². The smallest absolute Gasteiger partial charge is 0.138 e. The van der Waals surface area contributed by atoms with Gasteiger partial charge in [0, 0.05) is 51.2 Å². The van der Waals surface area contributed by atoms with Gasteiger partial charge in [0.15, 0.2) is 0 Å². The van der Waals surface area contributed by atoms with Gasteiger partial charge < -0.3 is 14.5 Å². The maximum atomic E-state index is 7.14. The highest BCUT2D eigenvalue weighted by Crippen LogP contribution is 2.52. The number of hydrogen-bond acceptors (Lipinski definition) is 3. The summed E-state index contributed by atoms with van der Waals surface area (Å²) >= 11 is 0. The number of fused-ring (bicyclic) bond motifs is 3. The number of hydrogen-bond donors (Lipinski definition) is 0. The van der Waals surface area contributed by atoms with E-state index in [2.05, 4.69) is 265 Å². The number of nitrogens with zero attached hydrogens (tertiary/aromatic N) is 2. The third-order valence-corrected chi connectivity index (χ3v) is 12.6. The molecule has 12 rings (SSSR count). The molecular weight excluding hydrogens is 789 g/mol. The second kappa shape index (κ2) is 16.2. The van der Waals surface area contributed by atoms with Gasteiger partial charge in [-0.05, 0) is 110 Å². The summed E-state index contributed by atoms with van der Waals surface area (Å²) in [6, 6.07) is 91.1.